The summed E-state index contributed by atoms with van der Waals surface area (Å²) in [4.78, 5) is 11.8. The van der Waals surface area contributed by atoms with E-state index in [4.69, 9.17) is 9.47 Å². The Balaban J connectivity index is 0. The van der Waals surface area contributed by atoms with E-state index in [0.29, 0.717) is 6.10 Å². The lowest BCUT2D eigenvalue weighted by Gasteiger charge is -2.33. The molecule has 0 amide bonds. The van der Waals surface area contributed by atoms with Crippen LogP contribution < -0.4 is 0 Å². The molecule has 164 valence electrons. The van der Waals surface area contributed by atoms with Crippen LogP contribution in [-0.4, -0.2) is 30.0 Å². The van der Waals surface area contributed by atoms with Gasteiger partial charge in [-0.15, -0.1) is 0 Å². The van der Waals surface area contributed by atoms with Gasteiger partial charge in [0.25, 0.3) is 0 Å². The quantitative estimate of drug-likeness (QED) is 0.443. The number of esters is 1. The summed E-state index contributed by atoms with van der Waals surface area (Å²) in [6, 6.07) is 0. The number of halogens is 3. The second kappa shape index (κ2) is 11.3. The Bertz CT molecular complexity index is 417. The highest BCUT2D eigenvalue weighted by Crippen LogP contribution is 2.42. The van der Waals surface area contributed by atoms with Gasteiger partial charge in [-0.05, 0) is 59.3 Å². The molecular weight excluding hydrogens is 357 g/mol. The van der Waals surface area contributed by atoms with Crippen molar-refractivity contribution in [3.63, 3.8) is 0 Å². The number of carbonyl (C=O) groups excluding carboxylic acids is 1. The van der Waals surface area contributed by atoms with Crippen LogP contribution in [0.15, 0.2) is 0 Å². The molecule has 0 rings (SSSR count). The third-order valence-electron chi connectivity index (χ3n) is 4.47. The first-order chi connectivity index (χ1) is 11.9. The van der Waals surface area contributed by atoms with E-state index in [1.54, 1.807) is 0 Å². The summed E-state index contributed by atoms with van der Waals surface area (Å²) in [5.74, 6) is -1.20. The highest BCUT2D eigenvalue weighted by molar-refractivity contribution is 5.77. The second-order valence-corrected chi connectivity index (χ2v) is 8.99. The maximum absolute atomic E-state index is 12.9. The first-order valence-electron chi connectivity index (χ1n) is 9.88. The number of carbonyl (C=O) groups is 1. The van der Waals surface area contributed by atoms with E-state index in [-0.39, 0.29) is 23.9 Å². The van der Waals surface area contributed by atoms with Gasteiger partial charge in [-0.25, -0.2) is 0 Å². The third kappa shape index (κ3) is 10.4. The predicted molar refractivity (Wildman–Crippen MR) is 105 cm³/mol. The fourth-order valence-corrected chi connectivity index (χ4v) is 2.44. The molecule has 2 unspecified atom stereocenters. The summed E-state index contributed by atoms with van der Waals surface area (Å²) in [6.45, 7) is 20.0. The standard InChI is InChI=1S/C13H23F3O2.C8H18O/c1-7-12(6,13(14,15)16)11(17)18-10(8(2)3)9(4)5;1-6-7(2)9-8(3,4)5/h8-10H,7H2,1-6H3;7H,6H2,1-5H3. The van der Waals surface area contributed by atoms with Gasteiger partial charge < -0.3 is 9.47 Å². The van der Waals surface area contributed by atoms with Crippen molar-refractivity contribution in [2.45, 2.75) is 113 Å². The summed E-state index contributed by atoms with van der Waals surface area (Å²) < 4.78 is 49.4. The second-order valence-electron chi connectivity index (χ2n) is 8.99. The van der Waals surface area contributed by atoms with Gasteiger partial charge in [0, 0.05) is 0 Å². The molecule has 0 aliphatic rings. The Morgan fingerprint density at radius 3 is 1.48 bits per heavy atom. The number of alkyl halides is 3. The molecule has 0 heterocycles. The fourth-order valence-electron chi connectivity index (χ4n) is 2.44. The lowest BCUT2D eigenvalue weighted by atomic mass is 9.86. The first-order valence-corrected chi connectivity index (χ1v) is 9.88. The lowest BCUT2D eigenvalue weighted by molar-refractivity contribution is -0.235. The van der Waals surface area contributed by atoms with Crippen LogP contribution >= 0.6 is 0 Å². The molecule has 0 N–H and O–H groups in total. The molecular formula is C21H41F3O3. The topological polar surface area (TPSA) is 35.5 Å². The monoisotopic (exact) mass is 398 g/mol. The van der Waals surface area contributed by atoms with E-state index in [1.807, 2.05) is 27.7 Å². The normalized spacial score (nSPS) is 16.0. The van der Waals surface area contributed by atoms with Gasteiger partial charge in [0.05, 0.1) is 11.7 Å². The Morgan fingerprint density at radius 2 is 1.30 bits per heavy atom. The van der Waals surface area contributed by atoms with Crippen LogP contribution in [0.2, 0.25) is 0 Å². The maximum Gasteiger partial charge on any atom is 0.404 e. The highest BCUT2D eigenvalue weighted by Gasteiger charge is 2.57. The van der Waals surface area contributed by atoms with E-state index in [9.17, 15) is 18.0 Å². The molecule has 6 heteroatoms. The molecule has 0 aliphatic carbocycles. The van der Waals surface area contributed by atoms with Crippen molar-refractivity contribution >= 4 is 5.97 Å². The summed E-state index contributed by atoms with van der Waals surface area (Å²) in [5, 5.41) is 0. The minimum atomic E-state index is -4.59. The van der Waals surface area contributed by atoms with Gasteiger partial charge in [-0.1, -0.05) is 41.5 Å². The van der Waals surface area contributed by atoms with Crippen molar-refractivity contribution in [3.8, 4) is 0 Å². The minimum absolute atomic E-state index is 0.0108. The molecule has 0 saturated carbocycles. The van der Waals surface area contributed by atoms with Crippen molar-refractivity contribution in [2.75, 3.05) is 0 Å². The van der Waals surface area contributed by atoms with Gasteiger partial charge in [-0.3, -0.25) is 4.79 Å². The summed E-state index contributed by atoms with van der Waals surface area (Å²) in [7, 11) is 0. The summed E-state index contributed by atoms with van der Waals surface area (Å²) in [6.07, 6.45) is -3.91. The van der Waals surface area contributed by atoms with Gasteiger partial charge in [0.15, 0.2) is 5.41 Å². The van der Waals surface area contributed by atoms with Crippen molar-refractivity contribution in [2.24, 2.45) is 17.3 Å². The molecule has 0 aromatic heterocycles. The average molecular weight is 399 g/mol. The molecule has 0 bridgehead atoms. The zero-order chi connectivity index (χ0) is 22.2. The molecule has 2 atom stereocenters. The molecule has 0 aromatic rings. The largest absolute Gasteiger partial charge is 0.461 e. The Kier molecular flexibility index (Phi) is 11.9. The smallest absolute Gasteiger partial charge is 0.404 e. The zero-order valence-corrected chi connectivity index (χ0v) is 19.1. The van der Waals surface area contributed by atoms with Crippen LogP contribution in [0, 0.1) is 17.3 Å². The van der Waals surface area contributed by atoms with E-state index in [1.165, 1.54) is 6.92 Å². The summed E-state index contributed by atoms with van der Waals surface area (Å²) in [5.41, 5.74) is -2.40. The molecule has 0 radical (unpaired) electrons. The Labute approximate surface area is 164 Å². The van der Waals surface area contributed by atoms with Crippen LogP contribution in [0.3, 0.4) is 0 Å². The maximum atomic E-state index is 12.9. The highest BCUT2D eigenvalue weighted by atomic mass is 19.4. The molecule has 3 nitrogen and oxygen atoms in total. The van der Waals surface area contributed by atoms with E-state index in [0.717, 1.165) is 13.3 Å². The number of rotatable bonds is 7. The number of hydrogen-bond acceptors (Lipinski definition) is 3. The first kappa shape index (κ1) is 28.4. The Morgan fingerprint density at radius 1 is 0.889 bits per heavy atom. The SMILES string of the molecule is CCC(C)(C(=O)OC(C(C)C)C(C)C)C(F)(F)F.CCC(C)OC(C)(C)C. The molecule has 27 heavy (non-hydrogen) atoms. The minimum Gasteiger partial charge on any atom is -0.461 e. The van der Waals surface area contributed by atoms with Crippen LogP contribution in [0.4, 0.5) is 13.2 Å². The van der Waals surface area contributed by atoms with Crippen molar-refractivity contribution in [3.05, 3.63) is 0 Å². The number of hydrogen-bond donors (Lipinski definition) is 0. The van der Waals surface area contributed by atoms with E-state index < -0.39 is 23.7 Å². The summed E-state index contributed by atoms with van der Waals surface area (Å²) >= 11 is 0. The van der Waals surface area contributed by atoms with Gasteiger partial charge in [0.1, 0.15) is 6.10 Å². The third-order valence-corrected chi connectivity index (χ3v) is 4.47. The van der Waals surface area contributed by atoms with Crippen LogP contribution in [0.1, 0.15) is 89.0 Å². The molecule has 0 aromatic carbocycles. The van der Waals surface area contributed by atoms with E-state index >= 15 is 0 Å². The molecule has 0 saturated heterocycles. The van der Waals surface area contributed by atoms with Gasteiger partial charge in [-0.2, -0.15) is 13.2 Å². The zero-order valence-electron chi connectivity index (χ0n) is 19.1. The predicted octanol–water partition coefficient (Wildman–Crippen LogP) is 6.79. The van der Waals surface area contributed by atoms with Crippen LogP contribution in [0.5, 0.6) is 0 Å². The van der Waals surface area contributed by atoms with Crippen LogP contribution in [-0.2, 0) is 14.3 Å². The van der Waals surface area contributed by atoms with Crippen molar-refractivity contribution in [1.82, 2.24) is 0 Å². The lowest BCUT2D eigenvalue weighted by Crippen LogP contribution is -2.45. The fraction of sp³-hybridized carbons (Fsp3) is 0.952. The van der Waals surface area contributed by atoms with E-state index in [2.05, 4.69) is 34.6 Å². The Hall–Kier alpha value is -0.780. The van der Waals surface area contributed by atoms with Crippen molar-refractivity contribution < 1.29 is 27.4 Å². The molecule has 0 fully saturated rings. The van der Waals surface area contributed by atoms with Crippen LogP contribution in [0.25, 0.3) is 0 Å². The molecule has 0 spiro atoms. The van der Waals surface area contributed by atoms with Gasteiger partial charge in [0.2, 0.25) is 0 Å². The van der Waals surface area contributed by atoms with Crippen molar-refractivity contribution in [1.29, 1.82) is 0 Å². The molecule has 0 aliphatic heterocycles. The number of ether oxygens (including phenoxy) is 2. The van der Waals surface area contributed by atoms with Gasteiger partial charge >= 0.3 is 12.1 Å². The average Bonchev–Trinajstić information content (AvgIpc) is 2.48.